The number of likely N-dealkylation sites (tertiary alicyclic amines) is 1. The van der Waals surface area contributed by atoms with Crippen LogP contribution in [0.3, 0.4) is 0 Å². The molecule has 43 heavy (non-hydrogen) atoms. The largest absolute Gasteiger partial charge is 0.370 e. The zero-order chi connectivity index (χ0) is 32.5. The average molecular weight is 610 g/mol. The molecule has 244 valence electrons. The van der Waals surface area contributed by atoms with E-state index in [0.717, 1.165) is 4.90 Å². The summed E-state index contributed by atoms with van der Waals surface area (Å²) >= 11 is 0. The maximum absolute atomic E-state index is 13.9. The molecule has 1 rings (SSSR count). The Morgan fingerprint density at radius 2 is 1.65 bits per heavy atom. The number of nitrogens with two attached hydrogens (primary N) is 3. The first-order valence-corrected chi connectivity index (χ1v) is 15.1. The first-order valence-electron chi connectivity index (χ1n) is 15.1. The molecule has 15 heteroatoms. The summed E-state index contributed by atoms with van der Waals surface area (Å²) in [5.41, 5.74) is 16.5. The molecule has 0 saturated carbocycles. The highest BCUT2D eigenvalue weighted by Gasteiger charge is 2.40. The molecule has 0 aromatic carbocycles. The number of amides is 6. The van der Waals surface area contributed by atoms with Gasteiger partial charge in [0.15, 0.2) is 5.96 Å². The third-order valence-corrected chi connectivity index (χ3v) is 7.13. The molecule has 1 fully saturated rings. The number of carbonyl (C=O) groups is 6. The van der Waals surface area contributed by atoms with Crippen LogP contribution in [-0.4, -0.2) is 102 Å². The number of nitrogens with one attached hydrogen (secondary N) is 3. The van der Waals surface area contributed by atoms with Crippen molar-refractivity contribution in [2.45, 2.75) is 110 Å². The van der Waals surface area contributed by atoms with Gasteiger partial charge in [-0.3, -0.25) is 38.7 Å². The zero-order valence-corrected chi connectivity index (χ0v) is 26.0. The second-order valence-electron chi connectivity index (χ2n) is 10.7. The number of imide groups is 1. The van der Waals surface area contributed by atoms with E-state index >= 15 is 0 Å². The molecule has 4 atom stereocenters. The van der Waals surface area contributed by atoms with Crippen LogP contribution in [0.15, 0.2) is 4.99 Å². The lowest BCUT2D eigenvalue weighted by molar-refractivity contribution is -0.154. The van der Waals surface area contributed by atoms with Gasteiger partial charge in [-0.25, -0.2) is 0 Å². The monoisotopic (exact) mass is 609 g/mol. The standard InChI is InChI=1S/C28H51N9O6/c1-5-11-20(34-18(3)38)27(43)37(19(4)39)23(13-7-8-15-29)25(41)35-21(12-9-16-33-28(30)31)26(42)36-17-10-14-22(36)24(40)32-6-2/h20-23H,5-17,29H2,1-4H3,(H,32,40)(H,34,38)(H,35,41)(H4,30,31,33)/t20-,21-,22-,23-/m0/s1. The molecule has 9 N–H and O–H groups in total. The van der Waals surface area contributed by atoms with Crippen LogP contribution in [0.25, 0.3) is 0 Å². The van der Waals surface area contributed by atoms with Crippen LogP contribution in [0.5, 0.6) is 0 Å². The maximum Gasteiger partial charge on any atom is 0.252 e. The lowest BCUT2D eigenvalue weighted by Crippen LogP contribution is -2.60. The molecule has 0 bridgehead atoms. The summed E-state index contributed by atoms with van der Waals surface area (Å²) in [5, 5.41) is 8.09. The second kappa shape index (κ2) is 19.4. The third kappa shape index (κ3) is 12.2. The van der Waals surface area contributed by atoms with Crippen molar-refractivity contribution in [3.8, 4) is 0 Å². The number of likely N-dealkylation sites (N-methyl/N-ethyl adjacent to an activating group) is 1. The minimum Gasteiger partial charge on any atom is -0.370 e. The van der Waals surface area contributed by atoms with Gasteiger partial charge in [-0.15, -0.1) is 0 Å². The van der Waals surface area contributed by atoms with Gasteiger partial charge >= 0.3 is 0 Å². The highest BCUT2D eigenvalue weighted by atomic mass is 16.2. The van der Waals surface area contributed by atoms with Gasteiger partial charge in [-0.2, -0.15) is 0 Å². The van der Waals surface area contributed by atoms with Crippen molar-refractivity contribution in [2.24, 2.45) is 22.2 Å². The number of hydrogen-bond acceptors (Lipinski definition) is 8. The van der Waals surface area contributed by atoms with Crippen molar-refractivity contribution in [3.63, 3.8) is 0 Å². The highest BCUT2D eigenvalue weighted by molar-refractivity contribution is 6.03. The number of carbonyl (C=O) groups excluding carboxylic acids is 6. The highest BCUT2D eigenvalue weighted by Crippen LogP contribution is 2.21. The molecule has 0 radical (unpaired) electrons. The van der Waals surface area contributed by atoms with E-state index in [4.69, 9.17) is 17.2 Å². The fourth-order valence-electron chi connectivity index (χ4n) is 5.17. The van der Waals surface area contributed by atoms with Crippen LogP contribution in [0.4, 0.5) is 0 Å². The van der Waals surface area contributed by atoms with Crippen LogP contribution in [0.1, 0.15) is 85.5 Å². The van der Waals surface area contributed by atoms with Gasteiger partial charge in [0, 0.05) is 33.5 Å². The molecule has 0 aliphatic carbocycles. The molecular formula is C28H51N9O6. The minimum absolute atomic E-state index is 0.105. The Labute approximate surface area is 254 Å². The molecule has 0 spiro atoms. The fourth-order valence-corrected chi connectivity index (χ4v) is 5.17. The Morgan fingerprint density at radius 3 is 2.21 bits per heavy atom. The first kappa shape index (κ1) is 37.3. The number of aliphatic imine (C=N–C) groups is 1. The van der Waals surface area contributed by atoms with Crippen molar-refractivity contribution in [1.82, 2.24) is 25.8 Å². The lowest BCUT2D eigenvalue weighted by atomic mass is 10.0. The quantitative estimate of drug-likeness (QED) is 0.0623. The maximum atomic E-state index is 13.9. The van der Waals surface area contributed by atoms with E-state index in [1.54, 1.807) is 6.92 Å². The molecule has 0 unspecified atom stereocenters. The molecule has 1 aliphatic heterocycles. The van der Waals surface area contributed by atoms with Crippen LogP contribution < -0.4 is 33.2 Å². The van der Waals surface area contributed by atoms with Crippen molar-refractivity contribution in [1.29, 1.82) is 0 Å². The first-order chi connectivity index (χ1) is 20.4. The van der Waals surface area contributed by atoms with E-state index in [1.165, 1.54) is 18.7 Å². The van der Waals surface area contributed by atoms with Gasteiger partial charge in [0.2, 0.25) is 29.5 Å². The Bertz CT molecular complexity index is 1000. The van der Waals surface area contributed by atoms with E-state index in [0.29, 0.717) is 58.2 Å². The second-order valence-corrected chi connectivity index (χ2v) is 10.7. The summed E-state index contributed by atoms with van der Waals surface area (Å²) in [7, 11) is 0. The predicted molar refractivity (Wildman–Crippen MR) is 162 cm³/mol. The molecular weight excluding hydrogens is 558 g/mol. The topological polar surface area (TPSA) is 235 Å². The summed E-state index contributed by atoms with van der Waals surface area (Å²) in [6.07, 6.45) is 3.48. The number of guanidine groups is 1. The predicted octanol–water partition coefficient (Wildman–Crippen LogP) is -1.17. The van der Waals surface area contributed by atoms with Crippen LogP contribution in [0, 0.1) is 0 Å². The summed E-state index contributed by atoms with van der Waals surface area (Å²) in [4.78, 5) is 84.9. The third-order valence-electron chi connectivity index (χ3n) is 7.13. The van der Waals surface area contributed by atoms with E-state index in [1.807, 2.05) is 6.92 Å². The number of hydrogen-bond donors (Lipinski definition) is 6. The number of nitrogens with zero attached hydrogens (tertiary/aromatic N) is 3. The van der Waals surface area contributed by atoms with Gasteiger partial charge in [0.25, 0.3) is 5.91 Å². The van der Waals surface area contributed by atoms with Gasteiger partial charge in [-0.05, 0) is 64.8 Å². The zero-order valence-electron chi connectivity index (χ0n) is 26.0. The minimum atomic E-state index is -1.25. The molecule has 0 aromatic heterocycles. The summed E-state index contributed by atoms with van der Waals surface area (Å²) in [5.74, 6) is -3.35. The van der Waals surface area contributed by atoms with Gasteiger partial charge in [0.1, 0.15) is 24.2 Å². The molecule has 1 aliphatic rings. The molecule has 0 aromatic rings. The Morgan fingerprint density at radius 1 is 0.953 bits per heavy atom. The van der Waals surface area contributed by atoms with Crippen molar-refractivity contribution >= 4 is 41.4 Å². The smallest absolute Gasteiger partial charge is 0.252 e. The van der Waals surface area contributed by atoms with E-state index < -0.39 is 53.7 Å². The number of unbranched alkanes of at least 4 members (excludes halogenated alkanes) is 1. The van der Waals surface area contributed by atoms with Crippen molar-refractivity contribution in [2.75, 3.05) is 26.2 Å². The van der Waals surface area contributed by atoms with Crippen molar-refractivity contribution < 1.29 is 28.8 Å². The summed E-state index contributed by atoms with van der Waals surface area (Å²) < 4.78 is 0. The van der Waals surface area contributed by atoms with Gasteiger partial charge in [0.05, 0.1) is 0 Å². The van der Waals surface area contributed by atoms with Crippen LogP contribution in [-0.2, 0) is 28.8 Å². The van der Waals surface area contributed by atoms with E-state index in [2.05, 4.69) is 20.9 Å². The molecule has 1 saturated heterocycles. The number of rotatable bonds is 18. The summed E-state index contributed by atoms with van der Waals surface area (Å²) in [6, 6.07) is -4.00. The lowest BCUT2D eigenvalue weighted by Gasteiger charge is -2.34. The van der Waals surface area contributed by atoms with Gasteiger partial charge in [-0.1, -0.05) is 13.3 Å². The van der Waals surface area contributed by atoms with E-state index in [-0.39, 0.29) is 37.7 Å². The fraction of sp³-hybridized carbons (Fsp3) is 0.750. The summed E-state index contributed by atoms with van der Waals surface area (Å²) in [6.45, 7) is 7.36. The van der Waals surface area contributed by atoms with Gasteiger partial charge < -0.3 is 38.1 Å². The Balaban J connectivity index is 3.40. The normalized spacial score (nSPS) is 16.4. The average Bonchev–Trinajstić information content (AvgIpc) is 3.43. The van der Waals surface area contributed by atoms with Crippen LogP contribution in [0.2, 0.25) is 0 Å². The molecule has 6 amide bonds. The van der Waals surface area contributed by atoms with E-state index in [9.17, 15) is 28.8 Å². The van der Waals surface area contributed by atoms with Crippen LogP contribution >= 0.6 is 0 Å². The SMILES string of the molecule is CCC[C@H](NC(C)=O)C(=O)N(C(C)=O)[C@@H](CCCCN)C(=O)N[C@@H](CCCN=C(N)N)C(=O)N1CCC[C@H]1C(=O)NCC. The Kier molecular flexibility index (Phi) is 16.9. The molecule has 15 nitrogen and oxygen atoms in total. The van der Waals surface area contributed by atoms with Crippen molar-refractivity contribution in [3.05, 3.63) is 0 Å². The Hall–Kier alpha value is -3.75. The molecule has 1 heterocycles.